The molecule has 0 bridgehead atoms. The van der Waals surface area contributed by atoms with Gasteiger partial charge in [0.1, 0.15) is 16.4 Å². The summed E-state index contributed by atoms with van der Waals surface area (Å²) in [7, 11) is 0. The fourth-order valence-electron chi connectivity index (χ4n) is 2.79. The molecule has 7 heteroatoms. The van der Waals surface area contributed by atoms with Crippen molar-refractivity contribution in [3.05, 3.63) is 48.3 Å². The van der Waals surface area contributed by atoms with Gasteiger partial charge in [0.2, 0.25) is 0 Å². The number of nitrogens with one attached hydrogen (secondary N) is 1. The molecule has 3 aromatic rings. The summed E-state index contributed by atoms with van der Waals surface area (Å²) in [6, 6.07) is 11.3. The van der Waals surface area contributed by atoms with Crippen LogP contribution in [0.4, 0.5) is 14.9 Å². The second kappa shape index (κ2) is 5.35. The third-order valence-electron chi connectivity index (χ3n) is 4.10. The molecule has 2 aromatic carbocycles. The summed E-state index contributed by atoms with van der Waals surface area (Å²) in [5.74, 6) is -0.938. The minimum atomic E-state index is -1.00. The van der Waals surface area contributed by atoms with E-state index >= 15 is 0 Å². The number of amides is 3. The van der Waals surface area contributed by atoms with Gasteiger partial charge in [-0.3, -0.25) is 4.79 Å². The number of halogens is 1. The fraction of sp³-hybridized carbons (Fsp3) is 0.167. The number of anilines is 1. The number of hydrogen-bond donors (Lipinski definition) is 1. The summed E-state index contributed by atoms with van der Waals surface area (Å²) in [5, 5.41) is 3.14. The van der Waals surface area contributed by atoms with Crippen LogP contribution in [-0.4, -0.2) is 22.5 Å². The van der Waals surface area contributed by atoms with Crippen LogP contribution < -0.4 is 10.2 Å². The molecule has 126 valence electrons. The van der Waals surface area contributed by atoms with Crippen LogP contribution in [0.5, 0.6) is 0 Å². The molecule has 5 nitrogen and oxygen atoms in total. The number of hydrogen-bond acceptors (Lipinski definition) is 4. The van der Waals surface area contributed by atoms with E-state index in [9.17, 15) is 14.0 Å². The van der Waals surface area contributed by atoms with Crippen LogP contribution in [0.3, 0.4) is 0 Å². The molecule has 1 aromatic heterocycles. The lowest BCUT2D eigenvalue weighted by Crippen LogP contribution is -2.40. The highest BCUT2D eigenvalue weighted by Crippen LogP contribution is 2.34. The predicted molar refractivity (Wildman–Crippen MR) is 95.1 cm³/mol. The van der Waals surface area contributed by atoms with Gasteiger partial charge in [0, 0.05) is 5.56 Å². The van der Waals surface area contributed by atoms with E-state index in [1.54, 1.807) is 26.0 Å². The molecule has 0 aliphatic carbocycles. The zero-order chi connectivity index (χ0) is 17.8. The Hall–Kier alpha value is -2.80. The smallest absolute Gasteiger partial charge is 0.323 e. The first-order valence-corrected chi connectivity index (χ1v) is 8.51. The van der Waals surface area contributed by atoms with Crippen molar-refractivity contribution in [3.8, 4) is 10.6 Å². The maximum atomic E-state index is 14.7. The van der Waals surface area contributed by atoms with Gasteiger partial charge in [-0.1, -0.05) is 12.1 Å². The summed E-state index contributed by atoms with van der Waals surface area (Å²) in [4.78, 5) is 29.8. The Morgan fingerprint density at radius 3 is 2.56 bits per heavy atom. The normalized spacial score (nSPS) is 16.5. The molecule has 1 saturated heterocycles. The van der Waals surface area contributed by atoms with E-state index in [1.165, 1.54) is 17.4 Å². The standard InChI is InChI=1S/C18H14FN3O2S/c1-18(2)16(23)22(17(24)21-18)10-7-8-11(12(19)9-10)15-20-13-5-3-4-6-14(13)25-15/h3-9H,1-2H3,(H,21,24). The van der Waals surface area contributed by atoms with Crippen LogP contribution >= 0.6 is 11.3 Å². The van der Waals surface area contributed by atoms with Crippen LogP contribution in [0.2, 0.25) is 0 Å². The van der Waals surface area contributed by atoms with Crippen LogP contribution in [0.15, 0.2) is 42.5 Å². The summed E-state index contributed by atoms with van der Waals surface area (Å²) < 4.78 is 15.6. The highest BCUT2D eigenvalue weighted by Gasteiger charge is 2.45. The molecule has 1 aliphatic rings. The topological polar surface area (TPSA) is 62.3 Å². The van der Waals surface area contributed by atoms with Crippen LogP contribution in [0, 0.1) is 5.82 Å². The Kier molecular flexibility index (Phi) is 3.36. The molecule has 0 atom stereocenters. The highest BCUT2D eigenvalue weighted by atomic mass is 32.1. The number of para-hydroxylation sites is 1. The first-order chi connectivity index (χ1) is 11.9. The summed E-state index contributed by atoms with van der Waals surface area (Å²) in [6.45, 7) is 3.22. The molecule has 1 aliphatic heterocycles. The minimum Gasteiger partial charge on any atom is -0.323 e. The summed E-state index contributed by atoms with van der Waals surface area (Å²) in [5.41, 5.74) is 0.354. The van der Waals surface area contributed by atoms with E-state index in [1.807, 2.05) is 24.3 Å². The molecule has 1 N–H and O–H groups in total. The highest BCUT2D eigenvalue weighted by molar-refractivity contribution is 7.21. The monoisotopic (exact) mass is 355 g/mol. The molecule has 25 heavy (non-hydrogen) atoms. The Morgan fingerprint density at radius 2 is 1.92 bits per heavy atom. The lowest BCUT2D eigenvalue weighted by molar-refractivity contribution is -0.121. The van der Waals surface area contributed by atoms with Crippen molar-refractivity contribution in [3.63, 3.8) is 0 Å². The molecule has 0 radical (unpaired) electrons. The third-order valence-corrected chi connectivity index (χ3v) is 5.17. The number of aromatic nitrogens is 1. The zero-order valence-electron chi connectivity index (χ0n) is 13.5. The Bertz CT molecular complexity index is 995. The average molecular weight is 355 g/mol. The van der Waals surface area contributed by atoms with E-state index in [0.717, 1.165) is 15.1 Å². The summed E-state index contributed by atoms with van der Waals surface area (Å²) >= 11 is 1.39. The van der Waals surface area contributed by atoms with Crippen molar-refractivity contribution in [2.75, 3.05) is 4.90 Å². The van der Waals surface area contributed by atoms with Gasteiger partial charge in [-0.25, -0.2) is 19.1 Å². The predicted octanol–water partition coefficient (Wildman–Crippen LogP) is 3.94. The molecule has 0 spiro atoms. The first-order valence-electron chi connectivity index (χ1n) is 7.69. The molecule has 1 fully saturated rings. The SMILES string of the molecule is CC1(C)NC(=O)N(c2ccc(-c3nc4ccccc4s3)c(F)c2)C1=O. The van der Waals surface area contributed by atoms with Crippen LogP contribution in [0.1, 0.15) is 13.8 Å². The number of carbonyl (C=O) groups excluding carboxylic acids is 2. The maximum absolute atomic E-state index is 14.7. The Balaban J connectivity index is 1.74. The van der Waals surface area contributed by atoms with Crippen molar-refractivity contribution in [1.82, 2.24) is 10.3 Å². The number of nitrogens with zero attached hydrogens (tertiary/aromatic N) is 2. The van der Waals surface area contributed by atoms with Crippen molar-refractivity contribution in [1.29, 1.82) is 0 Å². The van der Waals surface area contributed by atoms with Gasteiger partial charge in [0.05, 0.1) is 15.9 Å². The van der Waals surface area contributed by atoms with Gasteiger partial charge in [0.15, 0.2) is 0 Å². The number of imide groups is 1. The second-order valence-corrected chi connectivity index (χ2v) is 7.38. The van der Waals surface area contributed by atoms with E-state index < -0.39 is 23.3 Å². The zero-order valence-corrected chi connectivity index (χ0v) is 14.4. The van der Waals surface area contributed by atoms with Crippen LogP contribution in [-0.2, 0) is 4.79 Å². The van der Waals surface area contributed by atoms with Gasteiger partial charge < -0.3 is 5.32 Å². The quantitative estimate of drug-likeness (QED) is 0.708. The second-order valence-electron chi connectivity index (χ2n) is 6.35. The molecular formula is C18H14FN3O2S. The number of carbonyl (C=O) groups is 2. The fourth-order valence-corrected chi connectivity index (χ4v) is 3.78. The molecule has 2 heterocycles. The van der Waals surface area contributed by atoms with E-state index in [0.29, 0.717) is 10.6 Å². The molecular weight excluding hydrogens is 341 g/mol. The summed E-state index contributed by atoms with van der Waals surface area (Å²) in [6.07, 6.45) is 0. The van der Waals surface area contributed by atoms with Gasteiger partial charge in [-0.05, 0) is 44.2 Å². The van der Waals surface area contributed by atoms with Crippen LogP contribution in [0.25, 0.3) is 20.8 Å². The van der Waals surface area contributed by atoms with Gasteiger partial charge in [-0.2, -0.15) is 0 Å². The van der Waals surface area contributed by atoms with Gasteiger partial charge in [0.25, 0.3) is 5.91 Å². The van der Waals surface area contributed by atoms with E-state index in [2.05, 4.69) is 10.3 Å². The number of fused-ring (bicyclic) bond motifs is 1. The van der Waals surface area contributed by atoms with Crippen molar-refractivity contribution in [2.24, 2.45) is 0 Å². The molecule has 4 rings (SSSR count). The van der Waals surface area contributed by atoms with Crippen molar-refractivity contribution in [2.45, 2.75) is 19.4 Å². The average Bonchev–Trinajstić information content (AvgIpc) is 3.06. The molecule has 3 amide bonds. The third kappa shape index (κ3) is 2.47. The van der Waals surface area contributed by atoms with Gasteiger partial charge >= 0.3 is 6.03 Å². The molecule has 0 unspecified atom stereocenters. The number of rotatable bonds is 2. The Labute approximate surface area is 147 Å². The number of urea groups is 1. The largest absolute Gasteiger partial charge is 0.329 e. The number of benzene rings is 2. The minimum absolute atomic E-state index is 0.204. The van der Waals surface area contributed by atoms with Gasteiger partial charge in [-0.15, -0.1) is 11.3 Å². The maximum Gasteiger partial charge on any atom is 0.329 e. The Morgan fingerprint density at radius 1 is 1.16 bits per heavy atom. The lowest BCUT2D eigenvalue weighted by Gasteiger charge is -2.16. The van der Waals surface area contributed by atoms with Crippen molar-refractivity contribution < 1.29 is 14.0 Å². The van der Waals surface area contributed by atoms with E-state index in [-0.39, 0.29) is 5.69 Å². The first kappa shape index (κ1) is 15.7. The van der Waals surface area contributed by atoms with Crippen molar-refractivity contribution >= 4 is 39.2 Å². The van der Waals surface area contributed by atoms with E-state index in [4.69, 9.17) is 0 Å². The number of thiazole rings is 1. The molecule has 0 saturated carbocycles. The lowest BCUT2D eigenvalue weighted by atomic mass is 10.1.